The minimum absolute atomic E-state index is 0. The number of benzene rings is 2. The van der Waals surface area contributed by atoms with Crippen LogP contribution in [0.1, 0.15) is 36.7 Å². The molecule has 4 heterocycles. The largest absolute Gasteiger partial charge is 0.494 e. The number of pyridine rings is 1. The van der Waals surface area contributed by atoms with Gasteiger partial charge in [-0.2, -0.15) is 0 Å². The third-order valence-corrected chi connectivity index (χ3v) is 6.86. The number of fused-ring (bicyclic) bond motifs is 2. The summed E-state index contributed by atoms with van der Waals surface area (Å²) in [6.07, 6.45) is 3.45. The Bertz CT molecular complexity index is 1570. The van der Waals surface area contributed by atoms with Gasteiger partial charge in [-0.1, -0.05) is 12.1 Å². The minimum Gasteiger partial charge on any atom is -0.494 e. The Labute approximate surface area is 223 Å². The molecule has 1 aliphatic rings. The van der Waals surface area contributed by atoms with Crippen molar-refractivity contribution >= 4 is 34.5 Å². The van der Waals surface area contributed by atoms with Crippen molar-refractivity contribution in [1.82, 2.24) is 40.1 Å². The van der Waals surface area contributed by atoms with Crippen LogP contribution < -0.4 is 10.4 Å². The van der Waals surface area contributed by atoms with Gasteiger partial charge in [0.25, 0.3) is 0 Å². The molecule has 12 heteroatoms. The average Bonchev–Trinajstić information content (AvgIpc) is 3.52. The summed E-state index contributed by atoms with van der Waals surface area (Å²) in [5.74, 6) is 1.42. The second-order valence-corrected chi connectivity index (χ2v) is 9.44. The first-order chi connectivity index (χ1) is 18.1. The number of nitrogens with zero attached hydrogens (tertiary/aromatic N) is 6. The molecule has 1 aliphatic heterocycles. The summed E-state index contributed by atoms with van der Waals surface area (Å²) in [6, 6.07) is 14.6. The quantitative estimate of drug-likeness (QED) is 0.288. The molecule has 1 saturated heterocycles. The maximum Gasteiger partial charge on any atom is 0.325 e. The predicted molar refractivity (Wildman–Crippen MR) is 143 cm³/mol. The number of H-pyrrole nitrogens is 2. The molecule has 1 fully saturated rings. The number of aromatic nitrogens is 7. The number of halogens is 2. The standard InChI is InChI=1S/C26H27FN8O2.ClH/c27-19-5-3-17(4-6-19)16-34-11-9-20(10-12-34)35-24(31-32-33-35)2-1-13-37-21-7-8-22-18(14-21)15-23-25(28-22)30-26(36)29-23;/h3-8,14-15,20H,1-2,9-13,16H2,(H2,28,29,30,36);1H. The molecule has 2 N–H and O–H groups in total. The highest BCUT2D eigenvalue weighted by molar-refractivity contribution is 5.90. The normalized spacial score (nSPS) is 14.7. The number of ether oxygens (including phenoxy) is 1. The smallest absolute Gasteiger partial charge is 0.325 e. The topological polar surface area (TPSA) is 118 Å². The van der Waals surface area contributed by atoms with Crippen molar-refractivity contribution in [2.45, 2.75) is 38.3 Å². The van der Waals surface area contributed by atoms with E-state index in [2.05, 4.69) is 35.4 Å². The van der Waals surface area contributed by atoms with Crippen LogP contribution in [0.5, 0.6) is 5.75 Å². The number of piperidine rings is 1. The lowest BCUT2D eigenvalue weighted by Crippen LogP contribution is -2.35. The van der Waals surface area contributed by atoms with E-state index in [0.717, 1.165) is 73.4 Å². The van der Waals surface area contributed by atoms with Gasteiger partial charge in [0.15, 0.2) is 11.5 Å². The number of imidazole rings is 1. The Morgan fingerprint density at radius 1 is 1.05 bits per heavy atom. The van der Waals surface area contributed by atoms with Gasteiger partial charge >= 0.3 is 5.69 Å². The molecule has 0 aliphatic carbocycles. The Hall–Kier alpha value is -3.83. The Balaban J connectivity index is 0.00000294. The van der Waals surface area contributed by atoms with E-state index < -0.39 is 0 Å². The van der Waals surface area contributed by atoms with E-state index in [-0.39, 0.29) is 30.0 Å². The molecule has 10 nitrogen and oxygen atoms in total. The van der Waals surface area contributed by atoms with Gasteiger partial charge < -0.3 is 9.72 Å². The lowest BCUT2D eigenvalue weighted by Gasteiger charge is -2.32. The Kier molecular flexibility index (Phi) is 7.66. The molecule has 3 aromatic heterocycles. The number of hydrogen-bond acceptors (Lipinski definition) is 7. The van der Waals surface area contributed by atoms with Crippen molar-refractivity contribution in [1.29, 1.82) is 0 Å². The summed E-state index contributed by atoms with van der Waals surface area (Å²) in [6.45, 7) is 3.26. The molecular weight excluding hydrogens is 511 g/mol. The lowest BCUT2D eigenvalue weighted by atomic mass is 10.0. The van der Waals surface area contributed by atoms with E-state index in [1.807, 2.05) is 41.1 Å². The highest BCUT2D eigenvalue weighted by Crippen LogP contribution is 2.25. The van der Waals surface area contributed by atoms with Crippen molar-refractivity contribution in [2.24, 2.45) is 0 Å². The zero-order valence-corrected chi connectivity index (χ0v) is 21.5. The van der Waals surface area contributed by atoms with Crippen molar-refractivity contribution in [3.8, 4) is 5.75 Å². The number of rotatable bonds is 8. The van der Waals surface area contributed by atoms with E-state index in [4.69, 9.17) is 4.74 Å². The molecule has 6 rings (SSSR count). The Morgan fingerprint density at radius 3 is 2.68 bits per heavy atom. The molecule has 0 saturated carbocycles. The monoisotopic (exact) mass is 538 g/mol. The molecule has 0 radical (unpaired) electrons. The second-order valence-electron chi connectivity index (χ2n) is 9.44. The maximum absolute atomic E-state index is 13.2. The molecule has 0 unspecified atom stereocenters. The molecule has 0 amide bonds. The van der Waals surface area contributed by atoms with Crippen molar-refractivity contribution in [3.63, 3.8) is 0 Å². The fourth-order valence-corrected chi connectivity index (χ4v) is 4.95. The number of tetrazole rings is 1. The molecular formula is C26H28ClFN8O2. The number of likely N-dealkylation sites (tertiary alicyclic amines) is 1. The molecule has 5 aromatic rings. The highest BCUT2D eigenvalue weighted by Gasteiger charge is 2.23. The van der Waals surface area contributed by atoms with Gasteiger partial charge in [0.1, 0.15) is 11.6 Å². The highest BCUT2D eigenvalue weighted by atomic mass is 35.5. The molecule has 0 atom stereocenters. The number of aryl methyl sites for hydroxylation is 1. The molecule has 2 aromatic carbocycles. The first-order valence-corrected chi connectivity index (χ1v) is 12.5. The van der Waals surface area contributed by atoms with Crippen LogP contribution in [0, 0.1) is 5.82 Å². The molecule has 198 valence electrons. The van der Waals surface area contributed by atoms with E-state index in [0.29, 0.717) is 17.8 Å². The van der Waals surface area contributed by atoms with Gasteiger partial charge in [0.2, 0.25) is 0 Å². The lowest BCUT2D eigenvalue weighted by molar-refractivity contribution is 0.170. The summed E-state index contributed by atoms with van der Waals surface area (Å²) >= 11 is 0. The fourth-order valence-electron chi connectivity index (χ4n) is 4.95. The third kappa shape index (κ3) is 5.68. The van der Waals surface area contributed by atoms with Crippen LogP contribution >= 0.6 is 12.4 Å². The summed E-state index contributed by atoms with van der Waals surface area (Å²) < 4.78 is 21.1. The molecule has 0 bridgehead atoms. The van der Waals surface area contributed by atoms with E-state index in [1.165, 1.54) is 12.1 Å². The van der Waals surface area contributed by atoms with Gasteiger partial charge in [-0.05, 0) is 71.7 Å². The van der Waals surface area contributed by atoms with Crippen molar-refractivity contribution < 1.29 is 9.13 Å². The summed E-state index contributed by atoms with van der Waals surface area (Å²) in [7, 11) is 0. The van der Waals surface area contributed by atoms with Crippen LogP contribution in [0.25, 0.3) is 22.1 Å². The van der Waals surface area contributed by atoms with Gasteiger partial charge in [0.05, 0.1) is 23.7 Å². The van der Waals surface area contributed by atoms with Crippen LogP contribution in [0.15, 0.2) is 53.3 Å². The summed E-state index contributed by atoms with van der Waals surface area (Å²) in [4.78, 5) is 23.8. The number of hydrogen-bond donors (Lipinski definition) is 2. The maximum atomic E-state index is 13.2. The summed E-state index contributed by atoms with van der Waals surface area (Å²) in [5.41, 5.74) is 2.86. The number of aromatic amines is 2. The van der Waals surface area contributed by atoms with Crippen LogP contribution in [-0.2, 0) is 13.0 Å². The van der Waals surface area contributed by atoms with Crippen LogP contribution in [0.4, 0.5) is 4.39 Å². The SMILES string of the molecule is Cl.O=c1[nH]c2cc3cc(OCCCc4nnnn4C4CCN(Cc5ccc(F)cc5)CC4)ccc3nc2[nH]1. The zero-order valence-electron chi connectivity index (χ0n) is 20.6. The van der Waals surface area contributed by atoms with E-state index >= 15 is 0 Å². The van der Waals surface area contributed by atoms with Crippen LogP contribution in [0.3, 0.4) is 0 Å². The second kappa shape index (κ2) is 11.3. The summed E-state index contributed by atoms with van der Waals surface area (Å²) in [5, 5.41) is 13.4. The van der Waals surface area contributed by atoms with E-state index in [1.54, 1.807) is 0 Å². The van der Waals surface area contributed by atoms with Crippen molar-refractivity contribution in [2.75, 3.05) is 19.7 Å². The van der Waals surface area contributed by atoms with Crippen molar-refractivity contribution in [3.05, 3.63) is 76.2 Å². The van der Waals surface area contributed by atoms with Gasteiger partial charge in [-0.3, -0.25) is 9.88 Å². The van der Waals surface area contributed by atoms with Gasteiger partial charge in [-0.25, -0.2) is 18.9 Å². The third-order valence-electron chi connectivity index (χ3n) is 6.86. The van der Waals surface area contributed by atoms with Crippen LogP contribution in [-0.4, -0.2) is 59.8 Å². The Morgan fingerprint density at radius 2 is 1.87 bits per heavy atom. The van der Waals surface area contributed by atoms with Gasteiger partial charge in [-0.15, -0.1) is 17.5 Å². The molecule has 38 heavy (non-hydrogen) atoms. The van der Waals surface area contributed by atoms with Gasteiger partial charge in [0, 0.05) is 31.4 Å². The first kappa shape index (κ1) is 25.8. The fraction of sp³-hybridized carbons (Fsp3) is 0.346. The van der Waals surface area contributed by atoms with E-state index in [9.17, 15) is 9.18 Å². The average molecular weight is 539 g/mol. The zero-order chi connectivity index (χ0) is 25.2. The number of nitrogens with one attached hydrogen (secondary N) is 2. The predicted octanol–water partition coefficient (Wildman–Crippen LogP) is 3.80. The molecule has 0 spiro atoms. The first-order valence-electron chi connectivity index (χ1n) is 12.5. The minimum atomic E-state index is -0.271. The van der Waals surface area contributed by atoms with Crippen LogP contribution in [0.2, 0.25) is 0 Å².